The molecule has 0 bridgehead atoms. The lowest BCUT2D eigenvalue weighted by Crippen LogP contribution is -2.21. The van der Waals surface area contributed by atoms with Crippen LogP contribution in [0.25, 0.3) is 0 Å². The lowest BCUT2D eigenvalue weighted by atomic mass is 10.0. The fraction of sp³-hybridized carbons (Fsp3) is 0.333. The molecule has 27 heavy (non-hydrogen) atoms. The zero-order valence-corrected chi connectivity index (χ0v) is 13.6. The fourth-order valence-corrected chi connectivity index (χ4v) is 2.41. The standard InChI is InChI=1S/C15H14F3N3O6/c16-15(17,18)10-5-12(20(23)24)14(13(6-10)21(25)26)19-7-9(8-22)4-11-2-1-3-27-11/h1-3,5-6,9,19,22H,4,7-8H2/t9-/m1/s1. The second-order valence-electron chi connectivity index (χ2n) is 5.61. The summed E-state index contributed by atoms with van der Waals surface area (Å²) in [5.41, 5.74) is -4.31. The van der Waals surface area contributed by atoms with E-state index < -0.39 is 44.6 Å². The van der Waals surface area contributed by atoms with E-state index in [2.05, 4.69) is 5.32 Å². The molecule has 1 aromatic heterocycles. The molecule has 2 aromatic rings. The Bertz CT molecular complexity index is 788. The Kier molecular flexibility index (Phi) is 6.00. The summed E-state index contributed by atoms with van der Waals surface area (Å²) >= 11 is 0. The van der Waals surface area contributed by atoms with Crippen molar-refractivity contribution < 1.29 is 32.5 Å². The Labute approximate surface area is 149 Å². The predicted molar refractivity (Wildman–Crippen MR) is 86.2 cm³/mol. The number of benzene rings is 1. The molecule has 12 heteroatoms. The van der Waals surface area contributed by atoms with Crippen molar-refractivity contribution in [1.82, 2.24) is 0 Å². The largest absolute Gasteiger partial charge is 0.469 e. The van der Waals surface area contributed by atoms with Gasteiger partial charge in [-0.1, -0.05) is 0 Å². The molecule has 0 fully saturated rings. The van der Waals surface area contributed by atoms with Crippen molar-refractivity contribution in [2.75, 3.05) is 18.5 Å². The fourth-order valence-electron chi connectivity index (χ4n) is 2.41. The van der Waals surface area contributed by atoms with Gasteiger partial charge in [0.25, 0.3) is 11.4 Å². The molecule has 0 saturated heterocycles. The summed E-state index contributed by atoms with van der Waals surface area (Å²) in [6.07, 6.45) is -3.36. The lowest BCUT2D eigenvalue weighted by Gasteiger charge is -2.16. The molecule has 1 atom stereocenters. The summed E-state index contributed by atoms with van der Waals surface area (Å²) in [5.74, 6) is -0.0371. The molecule has 0 unspecified atom stereocenters. The van der Waals surface area contributed by atoms with Gasteiger partial charge in [-0.3, -0.25) is 20.2 Å². The Hall–Kier alpha value is -3.15. The van der Waals surface area contributed by atoms with Crippen LogP contribution in [-0.2, 0) is 12.6 Å². The zero-order chi connectivity index (χ0) is 20.2. The molecular weight excluding hydrogens is 375 g/mol. The number of nitro benzene ring substituents is 2. The van der Waals surface area contributed by atoms with E-state index in [1.54, 1.807) is 12.1 Å². The number of furan rings is 1. The molecule has 0 amide bonds. The van der Waals surface area contributed by atoms with Crippen LogP contribution in [0, 0.1) is 26.1 Å². The first-order valence-corrected chi connectivity index (χ1v) is 7.54. The molecule has 1 aromatic carbocycles. The summed E-state index contributed by atoms with van der Waals surface area (Å²) in [4.78, 5) is 20.0. The van der Waals surface area contributed by atoms with Gasteiger partial charge in [0.2, 0.25) is 0 Å². The van der Waals surface area contributed by atoms with Crippen LogP contribution >= 0.6 is 0 Å². The van der Waals surface area contributed by atoms with E-state index in [0.29, 0.717) is 5.76 Å². The van der Waals surface area contributed by atoms with Crippen LogP contribution in [0.4, 0.5) is 30.2 Å². The summed E-state index contributed by atoms with van der Waals surface area (Å²) in [6.45, 7) is -0.541. The highest BCUT2D eigenvalue weighted by molar-refractivity contribution is 5.75. The number of rotatable bonds is 8. The summed E-state index contributed by atoms with van der Waals surface area (Å²) < 4.78 is 43.7. The van der Waals surface area contributed by atoms with Gasteiger partial charge >= 0.3 is 6.18 Å². The van der Waals surface area contributed by atoms with Crippen molar-refractivity contribution in [1.29, 1.82) is 0 Å². The number of hydrogen-bond acceptors (Lipinski definition) is 7. The minimum Gasteiger partial charge on any atom is -0.469 e. The molecule has 2 rings (SSSR count). The Balaban J connectivity index is 2.35. The maximum absolute atomic E-state index is 12.9. The van der Waals surface area contributed by atoms with E-state index in [1.807, 2.05) is 0 Å². The van der Waals surface area contributed by atoms with Crippen molar-refractivity contribution in [3.63, 3.8) is 0 Å². The summed E-state index contributed by atoms with van der Waals surface area (Å²) in [6, 6.07) is 3.71. The maximum atomic E-state index is 12.9. The molecule has 0 spiro atoms. The van der Waals surface area contributed by atoms with Crippen molar-refractivity contribution in [2.24, 2.45) is 5.92 Å². The van der Waals surface area contributed by atoms with Crippen LogP contribution in [0.15, 0.2) is 34.9 Å². The van der Waals surface area contributed by atoms with E-state index in [9.17, 15) is 38.5 Å². The first kappa shape index (κ1) is 20.2. The smallest absolute Gasteiger partial charge is 0.416 e. The van der Waals surface area contributed by atoms with E-state index in [0.717, 1.165) is 0 Å². The van der Waals surface area contributed by atoms with Crippen molar-refractivity contribution >= 4 is 17.1 Å². The van der Waals surface area contributed by atoms with Crippen molar-refractivity contribution in [2.45, 2.75) is 12.6 Å². The number of nitro groups is 2. The molecular formula is C15H14F3N3O6. The minimum absolute atomic E-state index is 0.162. The van der Waals surface area contributed by atoms with Gasteiger partial charge in [0.1, 0.15) is 5.76 Å². The molecule has 0 saturated carbocycles. The SMILES string of the molecule is O=[N+]([O-])c1cc(C(F)(F)F)cc([N+](=O)[O-])c1NC[C@H](CO)Cc1ccco1. The highest BCUT2D eigenvalue weighted by Crippen LogP contribution is 2.41. The normalized spacial score (nSPS) is 12.6. The van der Waals surface area contributed by atoms with Crippen LogP contribution < -0.4 is 5.32 Å². The van der Waals surface area contributed by atoms with Gasteiger partial charge < -0.3 is 14.8 Å². The third-order valence-corrected chi connectivity index (χ3v) is 3.71. The Morgan fingerprint density at radius 3 is 2.19 bits per heavy atom. The minimum atomic E-state index is -4.99. The molecule has 9 nitrogen and oxygen atoms in total. The van der Waals surface area contributed by atoms with Crippen LogP contribution in [0.3, 0.4) is 0 Å². The number of hydrogen-bond donors (Lipinski definition) is 2. The second kappa shape index (κ2) is 8.03. The van der Waals surface area contributed by atoms with Crippen LogP contribution in [0.1, 0.15) is 11.3 Å². The number of aliphatic hydroxyl groups is 1. The number of aliphatic hydroxyl groups excluding tert-OH is 1. The molecule has 0 aliphatic rings. The summed E-state index contributed by atoms with van der Waals surface area (Å²) in [5, 5.41) is 34.2. The van der Waals surface area contributed by atoms with Gasteiger partial charge in [-0.2, -0.15) is 13.2 Å². The van der Waals surface area contributed by atoms with Gasteiger partial charge in [-0.05, 0) is 12.1 Å². The molecule has 146 valence electrons. The molecule has 1 heterocycles. The molecule has 0 aliphatic carbocycles. The number of nitrogens with zero attached hydrogens (tertiary/aromatic N) is 2. The topological polar surface area (TPSA) is 132 Å². The van der Waals surface area contributed by atoms with Gasteiger partial charge in [-0.15, -0.1) is 0 Å². The van der Waals surface area contributed by atoms with Crippen molar-refractivity contribution in [3.8, 4) is 0 Å². The average molecular weight is 389 g/mol. The first-order valence-electron chi connectivity index (χ1n) is 7.54. The van der Waals surface area contributed by atoms with Crippen LogP contribution in [-0.4, -0.2) is 28.1 Å². The van der Waals surface area contributed by atoms with Gasteiger partial charge in [0, 0.05) is 37.6 Å². The van der Waals surface area contributed by atoms with Crippen LogP contribution in [0.5, 0.6) is 0 Å². The molecule has 0 radical (unpaired) electrons. The number of anilines is 1. The Morgan fingerprint density at radius 1 is 1.19 bits per heavy atom. The highest BCUT2D eigenvalue weighted by Gasteiger charge is 2.37. The quantitative estimate of drug-likeness (QED) is 0.522. The monoisotopic (exact) mass is 389 g/mol. The van der Waals surface area contributed by atoms with E-state index >= 15 is 0 Å². The molecule has 2 N–H and O–H groups in total. The van der Waals surface area contributed by atoms with E-state index in [4.69, 9.17) is 4.42 Å². The van der Waals surface area contributed by atoms with Gasteiger partial charge in [0.15, 0.2) is 5.69 Å². The second-order valence-corrected chi connectivity index (χ2v) is 5.61. The molecule has 0 aliphatic heterocycles. The van der Waals surface area contributed by atoms with Crippen molar-refractivity contribution in [3.05, 3.63) is 62.1 Å². The predicted octanol–water partition coefficient (Wildman–Crippen LogP) is 3.38. The summed E-state index contributed by atoms with van der Waals surface area (Å²) in [7, 11) is 0. The number of nitrogens with one attached hydrogen (secondary N) is 1. The van der Waals surface area contributed by atoms with Gasteiger partial charge in [0.05, 0.1) is 21.7 Å². The average Bonchev–Trinajstić information content (AvgIpc) is 3.09. The number of alkyl halides is 3. The lowest BCUT2D eigenvalue weighted by molar-refractivity contribution is -0.392. The highest BCUT2D eigenvalue weighted by atomic mass is 19.4. The zero-order valence-electron chi connectivity index (χ0n) is 13.6. The van der Waals surface area contributed by atoms with E-state index in [1.165, 1.54) is 6.26 Å². The third kappa shape index (κ3) is 4.94. The maximum Gasteiger partial charge on any atom is 0.416 e. The first-order chi connectivity index (χ1) is 12.6. The third-order valence-electron chi connectivity index (χ3n) is 3.71. The van der Waals surface area contributed by atoms with E-state index in [-0.39, 0.29) is 31.7 Å². The Morgan fingerprint density at radius 2 is 1.78 bits per heavy atom. The number of halogens is 3. The van der Waals surface area contributed by atoms with Gasteiger partial charge in [-0.25, -0.2) is 0 Å². The van der Waals surface area contributed by atoms with Crippen LogP contribution in [0.2, 0.25) is 0 Å².